The van der Waals surface area contributed by atoms with E-state index in [4.69, 9.17) is 18.9 Å². The van der Waals surface area contributed by atoms with Gasteiger partial charge < -0.3 is 29.6 Å². The number of halogens is 4. The van der Waals surface area contributed by atoms with E-state index in [0.717, 1.165) is 71.4 Å². The lowest BCUT2D eigenvalue weighted by Gasteiger charge is -2.23. The molecule has 2 aliphatic carbocycles. The summed E-state index contributed by atoms with van der Waals surface area (Å²) in [6.07, 6.45) is 17.1. The number of benzene rings is 1. The molecule has 11 heteroatoms. The van der Waals surface area contributed by atoms with E-state index in [2.05, 4.69) is 16.8 Å². The zero-order valence-electron chi connectivity index (χ0n) is 27.4. The van der Waals surface area contributed by atoms with Crippen molar-refractivity contribution in [2.45, 2.75) is 103 Å². The van der Waals surface area contributed by atoms with Crippen molar-refractivity contribution in [3.63, 3.8) is 0 Å². The molecule has 2 saturated carbocycles. The molecule has 2 N–H and O–H groups in total. The molecule has 2 aliphatic rings. The van der Waals surface area contributed by atoms with Crippen LogP contribution in [0.25, 0.3) is 0 Å². The lowest BCUT2D eigenvalue weighted by Crippen LogP contribution is -2.23. The Hall–Kier alpha value is -2.63. The SMILES string of the molecule is Cc1c(F)c(F)c(F)c(F)c1OC(=O)CCCCCCCCCCC(NCCOCCOCCOCCNC=C1CC1)=C1CCC1. The van der Waals surface area contributed by atoms with E-state index >= 15 is 0 Å². The molecule has 1 aromatic rings. The highest BCUT2D eigenvalue weighted by molar-refractivity contribution is 5.72. The van der Waals surface area contributed by atoms with Gasteiger partial charge in [-0.3, -0.25) is 4.79 Å². The second-order valence-corrected chi connectivity index (χ2v) is 12.0. The highest BCUT2D eigenvalue weighted by Crippen LogP contribution is 2.31. The van der Waals surface area contributed by atoms with Gasteiger partial charge in [0.15, 0.2) is 17.4 Å². The van der Waals surface area contributed by atoms with Crippen LogP contribution in [-0.2, 0) is 19.0 Å². The molecule has 0 bridgehead atoms. The Kier molecular flexibility index (Phi) is 18.1. The van der Waals surface area contributed by atoms with Gasteiger partial charge >= 0.3 is 5.97 Å². The first-order chi connectivity index (χ1) is 22.4. The number of hydrogen-bond donors (Lipinski definition) is 2. The Morgan fingerprint density at radius 1 is 0.674 bits per heavy atom. The van der Waals surface area contributed by atoms with Crippen LogP contribution in [0.4, 0.5) is 17.6 Å². The number of ether oxygens (including phenoxy) is 4. The lowest BCUT2D eigenvalue weighted by atomic mass is 9.89. The summed E-state index contributed by atoms with van der Waals surface area (Å²) in [5.74, 6) is -8.84. The molecule has 0 atom stereocenters. The molecule has 0 unspecified atom stereocenters. The summed E-state index contributed by atoms with van der Waals surface area (Å²) in [4.78, 5) is 12.0. The van der Waals surface area contributed by atoms with E-state index in [0.29, 0.717) is 46.1 Å². The molecule has 1 aromatic carbocycles. The van der Waals surface area contributed by atoms with Gasteiger partial charge in [0.1, 0.15) is 0 Å². The molecule has 0 aromatic heterocycles. The topological polar surface area (TPSA) is 78.1 Å². The molecular formula is C35H52F4N2O5. The first-order valence-electron chi connectivity index (χ1n) is 17.0. The fourth-order valence-electron chi connectivity index (χ4n) is 5.06. The lowest BCUT2D eigenvalue weighted by molar-refractivity contribution is -0.134. The highest BCUT2D eigenvalue weighted by Gasteiger charge is 2.25. The molecule has 7 nitrogen and oxygen atoms in total. The minimum absolute atomic E-state index is 0.00458. The molecule has 0 spiro atoms. The zero-order valence-corrected chi connectivity index (χ0v) is 27.4. The maximum atomic E-state index is 13.9. The predicted molar refractivity (Wildman–Crippen MR) is 169 cm³/mol. The summed E-state index contributed by atoms with van der Waals surface area (Å²) >= 11 is 0. The van der Waals surface area contributed by atoms with Gasteiger partial charge in [0, 0.05) is 30.8 Å². The summed E-state index contributed by atoms with van der Waals surface area (Å²) in [5, 5.41) is 6.85. The first kappa shape index (κ1) is 37.8. The molecule has 46 heavy (non-hydrogen) atoms. The summed E-state index contributed by atoms with van der Waals surface area (Å²) in [7, 11) is 0. The van der Waals surface area contributed by atoms with Crippen molar-refractivity contribution in [2.75, 3.05) is 52.7 Å². The monoisotopic (exact) mass is 656 g/mol. The Bertz CT molecular complexity index is 1100. The van der Waals surface area contributed by atoms with Crippen molar-refractivity contribution >= 4 is 5.97 Å². The van der Waals surface area contributed by atoms with E-state index in [1.807, 2.05) is 0 Å². The molecule has 0 aliphatic heterocycles. The average molecular weight is 657 g/mol. The van der Waals surface area contributed by atoms with E-state index in [1.165, 1.54) is 43.4 Å². The fraction of sp³-hybridized carbons (Fsp3) is 0.686. The van der Waals surface area contributed by atoms with Crippen molar-refractivity contribution < 1.29 is 41.3 Å². The van der Waals surface area contributed by atoms with Crippen molar-refractivity contribution in [3.05, 3.63) is 51.9 Å². The van der Waals surface area contributed by atoms with Crippen LogP contribution in [-0.4, -0.2) is 58.7 Å². The van der Waals surface area contributed by atoms with Crippen LogP contribution in [0.15, 0.2) is 23.0 Å². The number of esters is 1. The van der Waals surface area contributed by atoms with Crippen LogP contribution in [0.3, 0.4) is 0 Å². The summed E-state index contributed by atoms with van der Waals surface area (Å²) in [6.45, 7) is 6.30. The summed E-state index contributed by atoms with van der Waals surface area (Å²) in [5.41, 5.74) is 3.85. The number of carbonyl (C=O) groups excluding carboxylic acids is 1. The van der Waals surface area contributed by atoms with Crippen LogP contribution in [0, 0.1) is 30.2 Å². The molecule has 0 amide bonds. The normalized spacial score (nSPS) is 13.8. The second kappa shape index (κ2) is 22.0. The summed E-state index contributed by atoms with van der Waals surface area (Å²) in [6, 6.07) is 0. The second-order valence-electron chi connectivity index (χ2n) is 12.0. The van der Waals surface area contributed by atoms with Crippen LogP contribution in [0.1, 0.15) is 102 Å². The molecule has 2 fully saturated rings. The highest BCUT2D eigenvalue weighted by atomic mass is 19.2. The van der Waals surface area contributed by atoms with E-state index in [1.54, 1.807) is 5.57 Å². The van der Waals surface area contributed by atoms with Gasteiger partial charge in [-0.15, -0.1) is 0 Å². The van der Waals surface area contributed by atoms with Crippen molar-refractivity contribution in [3.8, 4) is 5.75 Å². The first-order valence-corrected chi connectivity index (χ1v) is 17.0. The maximum Gasteiger partial charge on any atom is 0.311 e. The van der Waals surface area contributed by atoms with E-state index in [-0.39, 0.29) is 6.42 Å². The van der Waals surface area contributed by atoms with Crippen LogP contribution >= 0.6 is 0 Å². The molecule has 0 saturated heterocycles. The smallest absolute Gasteiger partial charge is 0.311 e. The number of carbonyl (C=O) groups is 1. The van der Waals surface area contributed by atoms with E-state index < -0.39 is 40.6 Å². The van der Waals surface area contributed by atoms with Crippen molar-refractivity contribution in [2.24, 2.45) is 0 Å². The molecule has 0 heterocycles. The average Bonchev–Trinajstić information content (AvgIpc) is 3.85. The number of unbranched alkanes of at least 4 members (excludes halogenated alkanes) is 7. The van der Waals surface area contributed by atoms with Crippen molar-refractivity contribution in [1.82, 2.24) is 10.6 Å². The Labute approximate surface area is 271 Å². The standard InChI is InChI=1S/C35H52F4N2O5/c1-26-31(36)32(37)33(38)34(39)35(26)46-30(42)14-9-7-5-3-2-4-6-8-13-29(28-11-10-12-28)41-18-20-44-22-24-45-23-21-43-19-17-40-25-27-15-16-27/h25,40-41H,2-24H2,1H3. The zero-order chi connectivity index (χ0) is 33.0. The third kappa shape index (κ3) is 14.4. The third-order valence-corrected chi connectivity index (χ3v) is 8.17. The maximum absolute atomic E-state index is 13.9. The molecule has 260 valence electrons. The Morgan fingerprint density at radius 3 is 1.80 bits per heavy atom. The van der Waals surface area contributed by atoms with Gasteiger partial charge in [0.25, 0.3) is 0 Å². The van der Waals surface area contributed by atoms with Gasteiger partial charge in [-0.25, -0.2) is 13.2 Å². The van der Waals surface area contributed by atoms with Crippen LogP contribution in [0.2, 0.25) is 0 Å². The van der Waals surface area contributed by atoms with Crippen LogP contribution in [0.5, 0.6) is 5.75 Å². The van der Waals surface area contributed by atoms with Crippen molar-refractivity contribution in [1.29, 1.82) is 0 Å². The molecular weight excluding hydrogens is 604 g/mol. The number of allylic oxidation sites excluding steroid dienone is 3. The number of hydrogen-bond acceptors (Lipinski definition) is 7. The third-order valence-electron chi connectivity index (χ3n) is 8.17. The Balaban J connectivity index is 1.11. The van der Waals surface area contributed by atoms with Gasteiger partial charge in [-0.1, -0.05) is 49.7 Å². The largest absolute Gasteiger partial charge is 0.423 e. The van der Waals surface area contributed by atoms with Gasteiger partial charge in [0.2, 0.25) is 11.6 Å². The quantitative estimate of drug-likeness (QED) is 0.0264. The van der Waals surface area contributed by atoms with Gasteiger partial charge in [0.05, 0.1) is 39.6 Å². The summed E-state index contributed by atoms with van der Waals surface area (Å²) < 4.78 is 75.9. The number of rotatable bonds is 26. The Morgan fingerprint density at radius 2 is 1.22 bits per heavy atom. The predicted octanol–water partition coefficient (Wildman–Crippen LogP) is 7.70. The molecule has 0 radical (unpaired) electrons. The molecule has 3 rings (SSSR count). The van der Waals surface area contributed by atoms with Crippen LogP contribution < -0.4 is 15.4 Å². The van der Waals surface area contributed by atoms with E-state index in [9.17, 15) is 22.4 Å². The fourth-order valence-corrected chi connectivity index (χ4v) is 5.06. The number of nitrogens with one attached hydrogen (secondary N) is 2. The van der Waals surface area contributed by atoms with Gasteiger partial charge in [-0.05, 0) is 64.5 Å². The minimum Gasteiger partial charge on any atom is -0.423 e. The minimum atomic E-state index is -1.99. The van der Waals surface area contributed by atoms with Gasteiger partial charge in [-0.2, -0.15) is 4.39 Å².